The molecule has 0 aliphatic carbocycles. The molecule has 2 aromatic rings. The second-order valence-corrected chi connectivity index (χ2v) is 4.30. The Balaban J connectivity index is 2.45. The van der Waals surface area contributed by atoms with E-state index < -0.39 is 0 Å². The quantitative estimate of drug-likeness (QED) is 0.862. The van der Waals surface area contributed by atoms with Crippen molar-refractivity contribution in [2.75, 3.05) is 5.73 Å². The molecule has 1 aromatic heterocycles. The van der Waals surface area contributed by atoms with Gasteiger partial charge in [0.2, 0.25) is 0 Å². The predicted octanol–water partition coefficient (Wildman–Crippen LogP) is 2.85. The number of aryl methyl sites for hydroxylation is 1. The van der Waals surface area contributed by atoms with Gasteiger partial charge in [0.1, 0.15) is 17.4 Å². The molecule has 0 bridgehead atoms. The fraction of sp³-hybridized carbons (Fsp3) is 0.267. The Kier molecular flexibility index (Phi) is 4.16. The molecule has 0 saturated carbocycles. The Hall–Kier alpha value is -2.61. The van der Waals surface area contributed by atoms with Crippen LogP contribution in [0.4, 0.5) is 5.69 Å². The first-order chi connectivity index (χ1) is 9.69. The Morgan fingerprint density at radius 1 is 1.25 bits per heavy atom. The average molecular weight is 268 g/mol. The van der Waals surface area contributed by atoms with E-state index in [0.717, 1.165) is 24.1 Å². The summed E-state index contributed by atoms with van der Waals surface area (Å²) in [6.45, 7) is 3.98. The summed E-state index contributed by atoms with van der Waals surface area (Å²) >= 11 is 0. The van der Waals surface area contributed by atoms with E-state index in [0.29, 0.717) is 17.0 Å². The number of nitriles is 1. The minimum atomic E-state index is 0.229. The molecule has 0 spiro atoms. The van der Waals surface area contributed by atoms with Gasteiger partial charge >= 0.3 is 0 Å². The number of benzene rings is 1. The van der Waals surface area contributed by atoms with Gasteiger partial charge in [0.25, 0.3) is 5.88 Å². The second-order valence-electron chi connectivity index (χ2n) is 4.30. The molecule has 0 amide bonds. The third-order valence-corrected chi connectivity index (χ3v) is 3.00. The molecular weight excluding hydrogens is 252 g/mol. The number of hydrogen-bond acceptors (Lipinski definition) is 5. The summed E-state index contributed by atoms with van der Waals surface area (Å²) in [7, 11) is 0. The first kappa shape index (κ1) is 13.8. The topological polar surface area (TPSA) is 84.8 Å². The van der Waals surface area contributed by atoms with E-state index in [2.05, 4.69) is 16.3 Å². The van der Waals surface area contributed by atoms with E-state index in [1.807, 2.05) is 13.8 Å². The highest BCUT2D eigenvalue weighted by atomic mass is 16.5. The zero-order valence-electron chi connectivity index (χ0n) is 11.6. The molecule has 20 heavy (non-hydrogen) atoms. The minimum Gasteiger partial charge on any atom is -0.436 e. The normalized spacial score (nSPS) is 10.1. The Morgan fingerprint density at radius 3 is 2.65 bits per heavy atom. The summed E-state index contributed by atoms with van der Waals surface area (Å²) in [5, 5.41) is 17.5. The minimum absolute atomic E-state index is 0.229. The van der Waals surface area contributed by atoms with Crippen molar-refractivity contribution in [3.63, 3.8) is 0 Å². The molecule has 102 valence electrons. The van der Waals surface area contributed by atoms with Gasteiger partial charge in [-0.1, -0.05) is 19.9 Å². The molecular formula is C15H16N4O. The summed E-state index contributed by atoms with van der Waals surface area (Å²) in [5.41, 5.74) is 8.47. The number of hydrogen-bond donors (Lipinski definition) is 1. The number of nitrogen functional groups attached to an aromatic ring is 1. The monoisotopic (exact) mass is 268 g/mol. The van der Waals surface area contributed by atoms with Crippen molar-refractivity contribution >= 4 is 5.69 Å². The third kappa shape index (κ3) is 2.69. The zero-order chi connectivity index (χ0) is 14.5. The molecule has 1 heterocycles. The van der Waals surface area contributed by atoms with Crippen LogP contribution >= 0.6 is 0 Å². The van der Waals surface area contributed by atoms with Crippen molar-refractivity contribution in [1.29, 1.82) is 5.26 Å². The van der Waals surface area contributed by atoms with Gasteiger partial charge < -0.3 is 10.5 Å². The van der Waals surface area contributed by atoms with Crippen molar-refractivity contribution in [2.24, 2.45) is 0 Å². The molecule has 0 saturated heterocycles. The lowest BCUT2D eigenvalue weighted by atomic mass is 10.0. The lowest BCUT2D eigenvalue weighted by molar-refractivity contribution is 0.451. The molecule has 0 aliphatic rings. The highest BCUT2D eigenvalue weighted by Gasteiger charge is 2.16. The zero-order valence-corrected chi connectivity index (χ0v) is 11.6. The Morgan fingerprint density at radius 2 is 2.05 bits per heavy atom. The summed E-state index contributed by atoms with van der Waals surface area (Å²) < 4.78 is 5.65. The molecule has 0 unspecified atom stereocenters. The van der Waals surface area contributed by atoms with E-state index in [1.54, 1.807) is 24.3 Å². The van der Waals surface area contributed by atoms with Gasteiger partial charge in [0, 0.05) is 11.8 Å². The van der Waals surface area contributed by atoms with Crippen molar-refractivity contribution in [2.45, 2.75) is 26.7 Å². The largest absolute Gasteiger partial charge is 0.436 e. The van der Waals surface area contributed by atoms with E-state index in [-0.39, 0.29) is 5.88 Å². The highest BCUT2D eigenvalue weighted by Crippen LogP contribution is 2.27. The van der Waals surface area contributed by atoms with Crippen LogP contribution in [0.5, 0.6) is 11.6 Å². The summed E-state index contributed by atoms with van der Waals surface area (Å²) in [4.78, 5) is 0. The first-order valence-electron chi connectivity index (χ1n) is 6.51. The Bertz CT molecular complexity index is 661. The Labute approximate surface area is 118 Å². The highest BCUT2D eigenvalue weighted by molar-refractivity contribution is 5.49. The molecule has 1 aromatic carbocycles. The first-order valence-corrected chi connectivity index (χ1v) is 6.51. The summed E-state index contributed by atoms with van der Waals surface area (Å²) in [5.74, 6) is 0.772. The van der Waals surface area contributed by atoms with Crippen LogP contribution in [-0.2, 0) is 12.8 Å². The van der Waals surface area contributed by atoms with Gasteiger partial charge in [0.15, 0.2) is 0 Å². The van der Waals surface area contributed by atoms with E-state index in [9.17, 15) is 5.26 Å². The predicted molar refractivity (Wildman–Crippen MR) is 76.4 cm³/mol. The van der Waals surface area contributed by atoms with Crippen molar-refractivity contribution in [3.05, 3.63) is 41.1 Å². The lowest BCUT2D eigenvalue weighted by Gasteiger charge is -2.11. The van der Waals surface area contributed by atoms with Crippen molar-refractivity contribution in [3.8, 4) is 17.7 Å². The number of rotatable bonds is 4. The van der Waals surface area contributed by atoms with Crippen LogP contribution in [-0.4, -0.2) is 10.2 Å². The SMILES string of the molecule is CCc1nnc(Oc2cccc(N)c2)c(C#N)c1CC. The van der Waals surface area contributed by atoms with Gasteiger partial charge in [-0.15, -0.1) is 5.10 Å². The maximum Gasteiger partial charge on any atom is 0.257 e. The summed E-state index contributed by atoms with van der Waals surface area (Å²) in [6, 6.07) is 9.16. The molecule has 5 heteroatoms. The molecule has 2 rings (SSSR count). The summed E-state index contributed by atoms with van der Waals surface area (Å²) in [6.07, 6.45) is 1.46. The van der Waals surface area contributed by atoms with Crippen LogP contribution in [0.25, 0.3) is 0 Å². The van der Waals surface area contributed by atoms with Gasteiger partial charge in [-0.05, 0) is 30.5 Å². The van der Waals surface area contributed by atoms with Crippen LogP contribution in [0.1, 0.15) is 30.7 Å². The van der Waals surface area contributed by atoms with Crippen LogP contribution in [0, 0.1) is 11.3 Å². The van der Waals surface area contributed by atoms with Crippen LogP contribution < -0.4 is 10.5 Å². The standard InChI is InChI=1S/C15H16N4O/c1-3-12-13(9-16)15(19-18-14(12)4-2)20-11-7-5-6-10(17)8-11/h5-8H,3-4,17H2,1-2H3. The maximum absolute atomic E-state index is 9.36. The number of anilines is 1. The number of ether oxygens (including phenoxy) is 1. The van der Waals surface area contributed by atoms with Gasteiger partial charge in [-0.3, -0.25) is 0 Å². The molecule has 0 radical (unpaired) electrons. The van der Waals surface area contributed by atoms with Crippen molar-refractivity contribution < 1.29 is 4.74 Å². The van der Waals surface area contributed by atoms with E-state index in [4.69, 9.17) is 10.5 Å². The van der Waals surface area contributed by atoms with E-state index in [1.165, 1.54) is 0 Å². The van der Waals surface area contributed by atoms with Gasteiger partial charge in [0.05, 0.1) is 5.69 Å². The third-order valence-electron chi connectivity index (χ3n) is 3.00. The fourth-order valence-corrected chi connectivity index (χ4v) is 2.03. The van der Waals surface area contributed by atoms with Crippen LogP contribution in [0.2, 0.25) is 0 Å². The fourth-order valence-electron chi connectivity index (χ4n) is 2.03. The van der Waals surface area contributed by atoms with E-state index >= 15 is 0 Å². The molecule has 0 atom stereocenters. The number of nitrogens with zero attached hydrogens (tertiary/aromatic N) is 3. The number of aromatic nitrogens is 2. The molecule has 0 aliphatic heterocycles. The number of nitrogens with two attached hydrogens (primary N) is 1. The van der Waals surface area contributed by atoms with Crippen molar-refractivity contribution in [1.82, 2.24) is 10.2 Å². The molecule has 5 nitrogen and oxygen atoms in total. The maximum atomic E-state index is 9.36. The average Bonchev–Trinajstić information content (AvgIpc) is 2.46. The second kappa shape index (κ2) is 6.02. The van der Waals surface area contributed by atoms with Crippen LogP contribution in [0.3, 0.4) is 0 Å². The lowest BCUT2D eigenvalue weighted by Crippen LogP contribution is -2.05. The molecule has 2 N–H and O–H groups in total. The van der Waals surface area contributed by atoms with Gasteiger partial charge in [-0.2, -0.15) is 10.4 Å². The molecule has 0 fully saturated rings. The van der Waals surface area contributed by atoms with Gasteiger partial charge in [-0.25, -0.2) is 0 Å². The van der Waals surface area contributed by atoms with Crippen LogP contribution in [0.15, 0.2) is 24.3 Å². The smallest absolute Gasteiger partial charge is 0.257 e.